The number of aliphatic hydroxyl groups is 1. The minimum atomic E-state index is -0.766. The maximum absolute atomic E-state index is 12.2. The van der Waals surface area contributed by atoms with Gasteiger partial charge in [-0.3, -0.25) is 9.59 Å². The highest BCUT2D eigenvalue weighted by Gasteiger charge is 2.16. The van der Waals surface area contributed by atoms with Crippen molar-refractivity contribution in [2.24, 2.45) is 0 Å². The fraction of sp³-hybridized carbons (Fsp3) is 0.917. The zero-order chi connectivity index (χ0) is 38.6. The van der Waals surface area contributed by atoms with Crippen molar-refractivity contribution >= 4 is 11.9 Å². The monoisotopic (exact) mass is 749 g/mol. The molecule has 0 aliphatic heterocycles. The van der Waals surface area contributed by atoms with Gasteiger partial charge in [0.05, 0.1) is 6.61 Å². The quantitative estimate of drug-likeness (QED) is 0.0381. The second-order valence-electron chi connectivity index (χ2n) is 16.2. The van der Waals surface area contributed by atoms with Crippen LogP contribution in [0, 0.1) is 0 Å². The van der Waals surface area contributed by atoms with Gasteiger partial charge in [-0.25, -0.2) is 0 Å². The number of allylic oxidation sites excluding steroid dienone is 2. The van der Waals surface area contributed by atoms with E-state index in [4.69, 9.17) is 9.47 Å². The first-order valence-corrected chi connectivity index (χ1v) is 23.7. The van der Waals surface area contributed by atoms with Crippen LogP contribution in [-0.4, -0.2) is 36.4 Å². The van der Waals surface area contributed by atoms with Gasteiger partial charge < -0.3 is 14.6 Å². The lowest BCUT2D eigenvalue weighted by Crippen LogP contribution is -2.28. The van der Waals surface area contributed by atoms with Gasteiger partial charge in [0.1, 0.15) is 6.61 Å². The molecule has 0 bridgehead atoms. The van der Waals surface area contributed by atoms with Crippen molar-refractivity contribution < 1.29 is 24.2 Å². The fourth-order valence-corrected chi connectivity index (χ4v) is 7.20. The standard InChI is InChI=1S/C48H92O5/c1-3-5-7-9-11-13-15-17-19-21-22-23-24-25-26-27-29-31-33-35-37-39-41-43-48(51)53-46(44-49)45-52-47(50)42-40-38-36-34-32-30-28-20-18-16-14-12-10-8-6-4-2/h21-22,46,49H,3-20,23-45H2,1-2H3/b22-21-. The number of hydrogen-bond acceptors (Lipinski definition) is 5. The molecule has 0 saturated carbocycles. The number of hydrogen-bond donors (Lipinski definition) is 1. The lowest BCUT2D eigenvalue weighted by atomic mass is 10.0. The molecule has 0 aliphatic rings. The summed E-state index contributed by atoms with van der Waals surface area (Å²) in [6, 6.07) is 0. The number of carbonyl (C=O) groups is 2. The second-order valence-corrected chi connectivity index (χ2v) is 16.2. The summed E-state index contributed by atoms with van der Waals surface area (Å²) in [5.41, 5.74) is 0. The summed E-state index contributed by atoms with van der Waals surface area (Å²) < 4.78 is 10.7. The zero-order valence-corrected chi connectivity index (χ0v) is 35.8. The third-order valence-corrected chi connectivity index (χ3v) is 10.8. The average Bonchev–Trinajstić information content (AvgIpc) is 3.16. The van der Waals surface area contributed by atoms with Crippen LogP contribution in [0.15, 0.2) is 12.2 Å². The normalized spacial score (nSPS) is 12.1. The molecule has 0 aromatic heterocycles. The Morgan fingerprint density at radius 2 is 0.698 bits per heavy atom. The van der Waals surface area contributed by atoms with E-state index in [1.807, 2.05) is 0 Å². The fourth-order valence-electron chi connectivity index (χ4n) is 7.20. The Bertz CT molecular complexity index is 765. The molecule has 1 unspecified atom stereocenters. The first-order chi connectivity index (χ1) is 26.1. The molecular formula is C48H92O5. The Kier molecular flexibility index (Phi) is 43.9. The van der Waals surface area contributed by atoms with Gasteiger partial charge in [0.2, 0.25) is 0 Å². The molecule has 0 aromatic carbocycles. The number of rotatable bonds is 44. The minimum absolute atomic E-state index is 0.0591. The Labute approximate surface area is 331 Å². The predicted molar refractivity (Wildman–Crippen MR) is 228 cm³/mol. The van der Waals surface area contributed by atoms with Gasteiger partial charge in [0.25, 0.3) is 0 Å². The Morgan fingerprint density at radius 3 is 1.02 bits per heavy atom. The first kappa shape index (κ1) is 51.6. The van der Waals surface area contributed by atoms with E-state index in [2.05, 4.69) is 26.0 Å². The van der Waals surface area contributed by atoms with E-state index in [-0.39, 0.29) is 25.2 Å². The maximum atomic E-state index is 12.2. The van der Waals surface area contributed by atoms with Crippen LogP contribution in [0.2, 0.25) is 0 Å². The third kappa shape index (κ3) is 43.2. The smallest absolute Gasteiger partial charge is 0.306 e. The van der Waals surface area contributed by atoms with Crippen molar-refractivity contribution in [3.05, 3.63) is 12.2 Å². The van der Waals surface area contributed by atoms with Crippen LogP contribution < -0.4 is 0 Å². The number of unbranched alkanes of at least 4 members (excludes halogenated alkanes) is 34. The van der Waals surface area contributed by atoms with Crippen LogP contribution in [0.1, 0.15) is 264 Å². The van der Waals surface area contributed by atoms with Crippen molar-refractivity contribution in [2.75, 3.05) is 13.2 Å². The minimum Gasteiger partial charge on any atom is -0.462 e. The third-order valence-electron chi connectivity index (χ3n) is 10.8. The molecule has 0 saturated heterocycles. The van der Waals surface area contributed by atoms with E-state index in [1.54, 1.807) is 0 Å². The van der Waals surface area contributed by atoms with Gasteiger partial charge in [-0.2, -0.15) is 0 Å². The summed E-state index contributed by atoms with van der Waals surface area (Å²) >= 11 is 0. The Balaban J connectivity index is 3.46. The molecule has 0 spiro atoms. The van der Waals surface area contributed by atoms with Crippen LogP contribution in [-0.2, 0) is 19.1 Å². The summed E-state index contributed by atoms with van der Waals surface area (Å²) in [5.74, 6) is -0.575. The molecule has 0 aromatic rings. The van der Waals surface area contributed by atoms with E-state index in [1.165, 1.54) is 205 Å². The molecule has 0 heterocycles. The van der Waals surface area contributed by atoms with Gasteiger partial charge >= 0.3 is 11.9 Å². The number of aliphatic hydroxyl groups excluding tert-OH is 1. The van der Waals surface area contributed by atoms with Crippen molar-refractivity contribution in [1.29, 1.82) is 0 Å². The number of esters is 2. The van der Waals surface area contributed by atoms with Crippen LogP contribution in [0.4, 0.5) is 0 Å². The van der Waals surface area contributed by atoms with E-state index in [0.29, 0.717) is 12.8 Å². The van der Waals surface area contributed by atoms with E-state index in [9.17, 15) is 14.7 Å². The van der Waals surface area contributed by atoms with Crippen molar-refractivity contribution in [3.63, 3.8) is 0 Å². The molecular weight excluding hydrogens is 657 g/mol. The van der Waals surface area contributed by atoms with Gasteiger partial charge in [0, 0.05) is 12.8 Å². The van der Waals surface area contributed by atoms with Crippen molar-refractivity contribution in [2.45, 2.75) is 270 Å². The molecule has 5 nitrogen and oxygen atoms in total. The van der Waals surface area contributed by atoms with Gasteiger partial charge in [-0.1, -0.05) is 225 Å². The molecule has 53 heavy (non-hydrogen) atoms. The largest absolute Gasteiger partial charge is 0.462 e. The topological polar surface area (TPSA) is 72.8 Å². The van der Waals surface area contributed by atoms with Gasteiger partial charge in [0.15, 0.2) is 6.10 Å². The first-order valence-electron chi connectivity index (χ1n) is 23.7. The molecule has 314 valence electrons. The summed E-state index contributed by atoms with van der Waals surface area (Å²) in [6.45, 7) is 4.18. The summed E-state index contributed by atoms with van der Waals surface area (Å²) in [7, 11) is 0. The molecule has 0 radical (unpaired) electrons. The number of ether oxygens (including phenoxy) is 2. The molecule has 0 aliphatic carbocycles. The zero-order valence-electron chi connectivity index (χ0n) is 35.8. The van der Waals surface area contributed by atoms with E-state index >= 15 is 0 Å². The highest BCUT2D eigenvalue weighted by Crippen LogP contribution is 2.16. The lowest BCUT2D eigenvalue weighted by molar-refractivity contribution is -0.161. The summed E-state index contributed by atoms with van der Waals surface area (Å²) in [6.07, 6.45) is 52.9. The molecule has 1 N–H and O–H groups in total. The average molecular weight is 749 g/mol. The summed E-state index contributed by atoms with van der Waals surface area (Å²) in [5, 5.41) is 9.60. The molecule has 5 heteroatoms. The van der Waals surface area contributed by atoms with Gasteiger partial charge in [-0.05, 0) is 38.5 Å². The van der Waals surface area contributed by atoms with Crippen molar-refractivity contribution in [1.82, 2.24) is 0 Å². The maximum Gasteiger partial charge on any atom is 0.306 e. The summed E-state index contributed by atoms with van der Waals surface area (Å²) in [4.78, 5) is 24.4. The Hall–Kier alpha value is -1.36. The molecule has 0 rings (SSSR count). The van der Waals surface area contributed by atoms with E-state index < -0.39 is 6.10 Å². The van der Waals surface area contributed by atoms with Crippen LogP contribution in [0.5, 0.6) is 0 Å². The lowest BCUT2D eigenvalue weighted by Gasteiger charge is -2.15. The molecule has 1 atom stereocenters. The number of carbonyl (C=O) groups excluding carboxylic acids is 2. The van der Waals surface area contributed by atoms with Crippen LogP contribution in [0.25, 0.3) is 0 Å². The SMILES string of the molecule is CCCCCCCCCC/C=C\CCCCCCCCCCCCCC(=O)OC(CO)COC(=O)CCCCCCCCCCCCCCCCCC. The van der Waals surface area contributed by atoms with Crippen LogP contribution in [0.3, 0.4) is 0 Å². The van der Waals surface area contributed by atoms with Crippen molar-refractivity contribution in [3.8, 4) is 0 Å². The molecule has 0 fully saturated rings. The highest BCUT2D eigenvalue weighted by atomic mass is 16.6. The highest BCUT2D eigenvalue weighted by molar-refractivity contribution is 5.70. The predicted octanol–water partition coefficient (Wildman–Crippen LogP) is 15.2. The van der Waals surface area contributed by atoms with Crippen LogP contribution >= 0.6 is 0 Å². The molecule has 0 amide bonds. The Morgan fingerprint density at radius 1 is 0.415 bits per heavy atom. The second kappa shape index (κ2) is 45.0. The van der Waals surface area contributed by atoms with E-state index in [0.717, 1.165) is 32.1 Å². The van der Waals surface area contributed by atoms with Gasteiger partial charge in [-0.15, -0.1) is 0 Å².